The van der Waals surface area contributed by atoms with E-state index >= 15 is 0 Å². The van der Waals surface area contributed by atoms with Gasteiger partial charge in [-0.3, -0.25) is 23.4 Å². The van der Waals surface area contributed by atoms with Crippen molar-refractivity contribution in [1.29, 1.82) is 0 Å². The van der Waals surface area contributed by atoms with Crippen LogP contribution >= 0.6 is 7.82 Å². The summed E-state index contributed by atoms with van der Waals surface area (Å²) < 4.78 is 32.4. The van der Waals surface area contributed by atoms with Gasteiger partial charge in [-0.2, -0.15) is 0 Å². The maximum Gasteiger partial charge on any atom is 0.472 e. The first-order valence-electron chi connectivity index (χ1n) is 21.8. The van der Waals surface area contributed by atoms with Crippen molar-refractivity contribution in [1.82, 2.24) is 0 Å². The molecule has 0 aromatic heterocycles. The van der Waals surface area contributed by atoms with Crippen molar-refractivity contribution >= 4 is 25.7 Å². The number of allylic oxidation sites excluding steroid dienone is 12. The molecule has 0 rings (SSSR count). The van der Waals surface area contributed by atoms with E-state index in [1.807, 2.05) is 36.5 Å². The summed E-state index contributed by atoms with van der Waals surface area (Å²) in [5, 5.41) is 29.1. The number of carboxylic acids is 1. The largest absolute Gasteiger partial charge is 0.480 e. The quantitative estimate of drug-likeness (QED) is 0.0128. The number of unbranched alkanes of at least 4 members (excludes halogenated alkanes) is 9. The molecule has 342 valence electrons. The van der Waals surface area contributed by atoms with Gasteiger partial charge in [0, 0.05) is 12.8 Å². The van der Waals surface area contributed by atoms with Gasteiger partial charge in [0.15, 0.2) is 6.10 Å². The molecule has 0 spiro atoms. The lowest BCUT2D eigenvalue weighted by Crippen LogP contribution is -2.34. The Balaban J connectivity index is 4.70. The van der Waals surface area contributed by atoms with Crippen LogP contribution in [0.1, 0.15) is 142 Å². The van der Waals surface area contributed by atoms with Crippen LogP contribution in [0.5, 0.6) is 0 Å². The Morgan fingerprint density at radius 3 is 1.72 bits per heavy atom. The number of hydrogen-bond acceptors (Lipinski definition) is 11. The number of hydrogen-bond donors (Lipinski definition) is 5. The summed E-state index contributed by atoms with van der Waals surface area (Å²) in [6.45, 7) is 2.39. The fourth-order valence-electron chi connectivity index (χ4n) is 5.29. The maximum atomic E-state index is 12.6. The molecular formula is C46H76NO12P. The Morgan fingerprint density at radius 1 is 0.600 bits per heavy atom. The number of carbonyl (C=O) groups is 3. The Labute approximate surface area is 359 Å². The number of nitrogens with two attached hydrogens (primary N) is 1. The molecule has 0 bridgehead atoms. The molecule has 0 aliphatic carbocycles. The van der Waals surface area contributed by atoms with Crippen LogP contribution in [0, 0.1) is 0 Å². The van der Waals surface area contributed by atoms with Crippen molar-refractivity contribution in [3.05, 3.63) is 85.1 Å². The highest BCUT2D eigenvalue weighted by Gasteiger charge is 2.28. The Kier molecular flexibility index (Phi) is 37.4. The highest BCUT2D eigenvalue weighted by Crippen LogP contribution is 2.43. The number of aliphatic hydroxyl groups is 2. The lowest BCUT2D eigenvalue weighted by Gasteiger charge is -2.20. The Hall–Kier alpha value is -3.42. The van der Waals surface area contributed by atoms with Gasteiger partial charge < -0.3 is 35.4 Å². The predicted molar refractivity (Wildman–Crippen MR) is 238 cm³/mol. The second-order valence-corrected chi connectivity index (χ2v) is 16.0. The molecule has 5 atom stereocenters. The normalized spacial score (nSPS) is 15.6. The topological polar surface area (TPSA) is 212 Å². The smallest absolute Gasteiger partial charge is 0.472 e. The van der Waals surface area contributed by atoms with Crippen molar-refractivity contribution in [2.24, 2.45) is 5.73 Å². The number of aliphatic carboxylic acids is 1. The average molecular weight is 866 g/mol. The SMILES string of the molecule is CCCCCCCC/C=C\C/C=C\C/C=C\CCCC(=O)OC[C@H](COP(=O)(O)OC[C@H](N)C(=O)O)OC(=O)CCC[C@H](O)/C=C/C=C\C/C=C\C=C\[C@H](O)CCCCC. The summed E-state index contributed by atoms with van der Waals surface area (Å²) >= 11 is 0. The molecule has 0 radical (unpaired) electrons. The third-order valence-corrected chi connectivity index (χ3v) is 9.77. The average Bonchev–Trinajstić information content (AvgIpc) is 3.21. The number of phosphoric acid groups is 1. The fraction of sp³-hybridized carbons (Fsp3) is 0.630. The van der Waals surface area contributed by atoms with Crippen LogP contribution in [0.3, 0.4) is 0 Å². The van der Waals surface area contributed by atoms with Crippen LogP contribution in [-0.2, 0) is 37.5 Å². The zero-order valence-electron chi connectivity index (χ0n) is 36.2. The van der Waals surface area contributed by atoms with Crippen LogP contribution in [0.15, 0.2) is 85.1 Å². The Bertz CT molecular complexity index is 1370. The first-order valence-corrected chi connectivity index (χ1v) is 23.3. The van der Waals surface area contributed by atoms with Gasteiger partial charge in [-0.15, -0.1) is 0 Å². The minimum atomic E-state index is -4.80. The summed E-state index contributed by atoms with van der Waals surface area (Å²) in [5.41, 5.74) is 5.31. The first kappa shape index (κ1) is 56.6. The van der Waals surface area contributed by atoms with Crippen molar-refractivity contribution in [3.63, 3.8) is 0 Å². The molecule has 13 nitrogen and oxygen atoms in total. The minimum absolute atomic E-state index is 0.0959. The van der Waals surface area contributed by atoms with Crippen LogP contribution in [-0.4, -0.2) is 82.3 Å². The monoisotopic (exact) mass is 866 g/mol. The van der Waals surface area contributed by atoms with Crippen LogP contribution in [0.25, 0.3) is 0 Å². The van der Waals surface area contributed by atoms with E-state index in [4.69, 9.17) is 24.8 Å². The van der Waals surface area contributed by atoms with Crippen molar-refractivity contribution in [2.75, 3.05) is 19.8 Å². The Morgan fingerprint density at radius 2 is 1.10 bits per heavy atom. The van der Waals surface area contributed by atoms with E-state index < -0.39 is 69.9 Å². The summed E-state index contributed by atoms with van der Waals surface area (Å²) in [6.07, 6.45) is 41.6. The summed E-state index contributed by atoms with van der Waals surface area (Å²) in [7, 11) is -4.80. The van der Waals surface area contributed by atoms with E-state index in [0.717, 1.165) is 44.9 Å². The van der Waals surface area contributed by atoms with E-state index in [2.05, 4.69) is 42.7 Å². The van der Waals surface area contributed by atoms with Crippen LogP contribution < -0.4 is 5.73 Å². The van der Waals surface area contributed by atoms with E-state index in [1.54, 1.807) is 24.3 Å². The van der Waals surface area contributed by atoms with Gasteiger partial charge in [0.2, 0.25) is 0 Å². The lowest BCUT2D eigenvalue weighted by molar-refractivity contribution is -0.161. The second-order valence-electron chi connectivity index (χ2n) is 14.5. The molecule has 6 N–H and O–H groups in total. The standard InChI is InChI=1S/C46H76NO12P/c1-3-5-7-8-9-10-11-12-13-14-15-16-17-18-22-25-29-35-44(50)56-37-42(38-57-60(54,55)58-39-43(47)46(52)53)59-45(51)36-30-34-41(49)33-28-24-21-19-20-23-27-32-40(48)31-26-6-4-2/h12-13,15-16,18,20-24,27-28,32-33,40-43,48-49H,3-11,14,17,19,25-26,29-31,34-39,47H2,1-2H3,(H,52,53)(H,54,55)/b13-12-,16-15-,22-18-,23-20-,24-21-,32-27+,33-28+/t40-,41-,42-,43+/m1/s1. The third kappa shape index (κ3) is 38.8. The maximum absolute atomic E-state index is 12.6. The first-order chi connectivity index (χ1) is 28.9. The molecule has 0 saturated carbocycles. The minimum Gasteiger partial charge on any atom is -0.480 e. The number of carbonyl (C=O) groups excluding carboxylic acids is 2. The van der Waals surface area contributed by atoms with Crippen molar-refractivity contribution in [2.45, 2.75) is 167 Å². The molecule has 0 amide bonds. The zero-order valence-corrected chi connectivity index (χ0v) is 37.1. The second kappa shape index (κ2) is 39.7. The molecule has 0 aliphatic heterocycles. The highest BCUT2D eigenvalue weighted by atomic mass is 31.2. The number of phosphoric ester groups is 1. The molecule has 1 unspecified atom stereocenters. The number of esters is 2. The van der Waals surface area contributed by atoms with E-state index in [0.29, 0.717) is 19.3 Å². The van der Waals surface area contributed by atoms with Gasteiger partial charge >= 0.3 is 25.7 Å². The van der Waals surface area contributed by atoms with Gasteiger partial charge in [-0.1, -0.05) is 150 Å². The summed E-state index contributed by atoms with van der Waals surface area (Å²) in [5.74, 6) is -2.72. The molecule has 0 aromatic carbocycles. The molecule has 0 saturated heterocycles. The third-order valence-electron chi connectivity index (χ3n) is 8.82. The van der Waals surface area contributed by atoms with Crippen molar-refractivity contribution < 1.29 is 57.7 Å². The molecule has 0 aromatic rings. The van der Waals surface area contributed by atoms with Crippen LogP contribution in [0.4, 0.5) is 0 Å². The lowest BCUT2D eigenvalue weighted by atomic mass is 10.1. The van der Waals surface area contributed by atoms with Gasteiger partial charge in [-0.05, 0) is 64.2 Å². The molecule has 60 heavy (non-hydrogen) atoms. The molecule has 0 heterocycles. The summed E-state index contributed by atoms with van der Waals surface area (Å²) in [6, 6.07) is -1.57. The van der Waals surface area contributed by atoms with Gasteiger partial charge in [0.1, 0.15) is 12.6 Å². The fourth-order valence-corrected chi connectivity index (χ4v) is 6.07. The number of ether oxygens (including phenoxy) is 2. The summed E-state index contributed by atoms with van der Waals surface area (Å²) in [4.78, 5) is 45.9. The highest BCUT2D eigenvalue weighted by molar-refractivity contribution is 7.47. The van der Waals surface area contributed by atoms with E-state index in [9.17, 15) is 34.1 Å². The number of aliphatic hydroxyl groups excluding tert-OH is 2. The van der Waals surface area contributed by atoms with E-state index in [1.165, 1.54) is 38.5 Å². The van der Waals surface area contributed by atoms with Gasteiger partial charge in [-0.25, -0.2) is 4.57 Å². The molecule has 0 aliphatic rings. The number of carboxylic acid groups (broad SMARTS) is 1. The van der Waals surface area contributed by atoms with Crippen molar-refractivity contribution in [3.8, 4) is 0 Å². The molecular weight excluding hydrogens is 789 g/mol. The molecule has 0 fully saturated rings. The van der Waals surface area contributed by atoms with E-state index in [-0.39, 0.29) is 25.7 Å². The van der Waals surface area contributed by atoms with Gasteiger partial charge in [0.25, 0.3) is 0 Å². The van der Waals surface area contributed by atoms with Crippen LogP contribution in [0.2, 0.25) is 0 Å². The zero-order chi connectivity index (χ0) is 44.5. The molecule has 14 heteroatoms. The predicted octanol–water partition coefficient (Wildman–Crippen LogP) is 9.44. The van der Waals surface area contributed by atoms with Gasteiger partial charge in [0.05, 0.1) is 25.4 Å². The number of rotatable bonds is 39.